The van der Waals surface area contributed by atoms with Gasteiger partial charge in [0.1, 0.15) is 5.56 Å². The monoisotopic (exact) mass is 427 g/mol. The van der Waals surface area contributed by atoms with Crippen LogP contribution in [0, 0.1) is 0 Å². The zero-order valence-electron chi connectivity index (χ0n) is 17.0. The fourth-order valence-electron chi connectivity index (χ4n) is 3.18. The molecule has 5 nitrogen and oxygen atoms in total. The molecule has 2 rings (SSSR count). The zero-order chi connectivity index (χ0) is 19.8. The number of carbonyl (C=O) groups is 1. The Bertz CT molecular complexity index is 832. The minimum atomic E-state index is -0.304. The summed E-state index contributed by atoms with van der Waals surface area (Å²) < 4.78 is 1.97. The number of nitrogens with zero attached hydrogens (tertiary/aromatic N) is 2. The number of hydrogen-bond donors (Lipinski definition) is 1. The van der Waals surface area contributed by atoms with E-state index in [1.54, 1.807) is 24.4 Å². The van der Waals surface area contributed by atoms with E-state index in [9.17, 15) is 9.59 Å². The third-order valence-electron chi connectivity index (χ3n) is 4.87. The molecule has 1 aromatic heterocycles. The van der Waals surface area contributed by atoms with Crippen molar-refractivity contribution in [3.8, 4) is 0 Å². The number of amides is 1. The molecule has 0 fully saturated rings. The van der Waals surface area contributed by atoms with Crippen molar-refractivity contribution >= 4 is 40.8 Å². The van der Waals surface area contributed by atoms with E-state index in [4.69, 9.17) is 11.6 Å². The molecule has 1 heterocycles. The number of unbranched alkanes of at least 4 members (excludes halogenated alkanes) is 1. The highest BCUT2D eigenvalue weighted by Crippen LogP contribution is 2.18. The maximum atomic E-state index is 12.8. The number of benzene rings is 1. The van der Waals surface area contributed by atoms with Gasteiger partial charge in [0.05, 0.1) is 5.52 Å². The van der Waals surface area contributed by atoms with Gasteiger partial charge in [0.15, 0.2) is 0 Å². The number of pyridine rings is 1. The smallest absolute Gasteiger partial charge is 0.256 e. The number of carbonyl (C=O) groups excluding carboxylic acids is 1. The highest BCUT2D eigenvalue weighted by atomic mass is 35.5. The summed E-state index contributed by atoms with van der Waals surface area (Å²) in [5.74, 6) is -0.304. The van der Waals surface area contributed by atoms with Crippen molar-refractivity contribution in [2.24, 2.45) is 0 Å². The second kappa shape index (κ2) is 12.1. The van der Waals surface area contributed by atoms with Crippen LogP contribution in [-0.4, -0.2) is 41.6 Å². The molecule has 7 heteroatoms. The summed E-state index contributed by atoms with van der Waals surface area (Å²) in [6.07, 6.45) is 4.54. The van der Waals surface area contributed by atoms with E-state index in [2.05, 4.69) is 31.0 Å². The van der Waals surface area contributed by atoms with Gasteiger partial charge < -0.3 is 14.8 Å². The van der Waals surface area contributed by atoms with Gasteiger partial charge >= 0.3 is 0 Å². The lowest BCUT2D eigenvalue weighted by Crippen LogP contribution is -2.33. The van der Waals surface area contributed by atoms with Gasteiger partial charge in [-0.2, -0.15) is 0 Å². The zero-order valence-corrected chi connectivity index (χ0v) is 18.5. The molecular formula is C21H31Cl2N3O2. The number of rotatable bonds is 10. The second-order valence-electron chi connectivity index (χ2n) is 6.72. The Kier molecular flexibility index (Phi) is 10.6. The van der Waals surface area contributed by atoms with E-state index in [1.165, 1.54) is 0 Å². The average molecular weight is 428 g/mol. The van der Waals surface area contributed by atoms with Gasteiger partial charge in [0.25, 0.3) is 5.91 Å². The standard InChI is InChI=1S/C21H30ClN3O2.ClH/c1-4-7-13-25-15-18(20(26)17-10-9-16(22)14-19(17)25)21(27)23-11-8-12-24(5-2)6-3;/h9-10,14-15H,4-8,11-13H2,1-3H3,(H,23,27);1H. The van der Waals surface area contributed by atoms with Crippen molar-refractivity contribution in [1.82, 2.24) is 14.8 Å². The van der Waals surface area contributed by atoms with Crippen molar-refractivity contribution in [2.45, 2.75) is 46.6 Å². The third kappa shape index (κ3) is 6.23. The van der Waals surface area contributed by atoms with Crippen LogP contribution in [0.1, 0.15) is 50.4 Å². The van der Waals surface area contributed by atoms with Gasteiger partial charge in [-0.3, -0.25) is 9.59 Å². The molecule has 0 radical (unpaired) electrons. The van der Waals surface area contributed by atoms with Crippen molar-refractivity contribution in [3.05, 3.63) is 45.2 Å². The van der Waals surface area contributed by atoms with Crippen LogP contribution in [0.2, 0.25) is 5.02 Å². The summed E-state index contributed by atoms with van der Waals surface area (Å²) in [5, 5.41) is 4.02. The lowest BCUT2D eigenvalue weighted by Gasteiger charge is -2.18. The molecule has 0 aliphatic rings. The van der Waals surface area contributed by atoms with Gasteiger partial charge in [-0.1, -0.05) is 38.8 Å². The Labute approximate surface area is 178 Å². The van der Waals surface area contributed by atoms with Crippen molar-refractivity contribution < 1.29 is 4.79 Å². The molecule has 1 amide bonds. The van der Waals surface area contributed by atoms with Gasteiger partial charge in [-0.15, -0.1) is 12.4 Å². The maximum Gasteiger partial charge on any atom is 0.256 e. The van der Waals surface area contributed by atoms with Crippen LogP contribution in [0.3, 0.4) is 0 Å². The van der Waals surface area contributed by atoms with Gasteiger partial charge in [0, 0.05) is 29.7 Å². The van der Waals surface area contributed by atoms with Crippen LogP contribution in [0.25, 0.3) is 10.9 Å². The lowest BCUT2D eigenvalue weighted by atomic mass is 10.1. The summed E-state index contributed by atoms with van der Waals surface area (Å²) in [7, 11) is 0. The highest BCUT2D eigenvalue weighted by Gasteiger charge is 2.15. The molecule has 156 valence electrons. The molecular weight excluding hydrogens is 397 g/mol. The molecule has 0 atom stereocenters. The van der Waals surface area contributed by atoms with Crippen LogP contribution in [0.4, 0.5) is 0 Å². The molecule has 0 saturated heterocycles. The van der Waals surface area contributed by atoms with Crippen LogP contribution in [0.5, 0.6) is 0 Å². The summed E-state index contributed by atoms with van der Waals surface area (Å²) in [6.45, 7) is 10.6. The van der Waals surface area contributed by atoms with Gasteiger partial charge in [-0.25, -0.2) is 0 Å². The number of aromatic nitrogens is 1. The number of aryl methyl sites for hydroxylation is 1. The predicted octanol–water partition coefficient (Wildman–Crippen LogP) is 4.34. The second-order valence-corrected chi connectivity index (χ2v) is 7.15. The molecule has 1 aromatic carbocycles. The fraction of sp³-hybridized carbons (Fsp3) is 0.524. The van der Waals surface area contributed by atoms with Crippen LogP contribution in [0.15, 0.2) is 29.2 Å². The first-order chi connectivity index (χ1) is 13.0. The minimum Gasteiger partial charge on any atom is -0.352 e. The Morgan fingerprint density at radius 3 is 2.54 bits per heavy atom. The van der Waals surface area contributed by atoms with E-state index >= 15 is 0 Å². The summed E-state index contributed by atoms with van der Waals surface area (Å²) in [5.41, 5.74) is 0.735. The Morgan fingerprint density at radius 1 is 1.18 bits per heavy atom. The summed E-state index contributed by atoms with van der Waals surface area (Å²) >= 11 is 6.11. The van der Waals surface area contributed by atoms with Gasteiger partial charge in [-0.05, 0) is 50.7 Å². The number of nitrogens with one attached hydrogen (secondary N) is 1. The summed E-state index contributed by atoms with van der Waals surface area (Å²) in [4.78, 5) is 27.7. The topological polar surface area (TPSA) is 54.3 Å². The van der Waals surface area contributed by atoms with Crippen LogP contribution < -0.4 is 10.7 Å². The highest BCUT2D eigenvalue weighted by molar-refractivity contribution is 6.31. The molecule has 0 saturated carbocycles. The minimum absolute atomic E-state index is 0. The van der Waals surface area contributed by atoms with E-state index < -0.39 is 0 Å². The Balaban J connectivity index is 0.00000392. The van der Waals surface area contributed by atoms with Crippen LogP contribution >= 0.6 is 24.0 Å². The third-order valence-corrected chi connectivity index (χ3v) is 5.11. The van der Waals surface area contributed by atoms with Crippen molar-refractivity contribution in [2.75, 3.05) is 26.2 Å². The quantitative estimate of drug-likeness (QED) is 0.573. The van der Waals surface area contributed by atoms with Crippen LogP contribution in [-0.2, 0) is 6.54 Å². The van der Waals surface area contributed by atoms with E-state index in [0.29, 0.717) is 17.0 Å². The molecule has 0 spiro atoms. The van der Waals surface area contributed by atoms with E-state index in [0.717, 1.165) is 51.0 Å². The van der Waals surface area contributed by atoms with E-state index in [-0.39, 0.29) is 29.3 Å². The predicted molar refractivity (Wildman–Crippen MR) is 120 cm³/mol. The maximum absolute atomic E-state index is 12.8. The molecule has 2 aromatic rings. The van der Waals surface area contributed by atoms with Crippen molar-refractivity contribution in [1.29, 1.82) is 0 Å². The number of hydrogen-bond acceptors (Lipinski definition) is 3. The largest absolute Gasteiger partial charge is 0.352 e. The Morgan fingerprint density at radius 2 is 1.89 bits per heavy atom. The molecule has 0 aliphatic carbocycles. The van der Waals surface area contributed by atoms with Gasteiger partial charge in [0.2, 0.25) is 5.43 Å². The molecule has 28 heavy (non-hydrogen) atoms. The molecule has 0 unspecified atom stereocenters. The van der Waals surface area contributed by atoms with E-state index in [1.807, 2.05) is 4.57 Å². The molecule has 0 aliphatic heterocycles. The average Bonchev–Trinajstić information content (AvgIpc) is 2.67. The van der Waals surface area contributed by atoms with Crippen molar-refractivity contribution in [3.63, 3.8) is 0 Å². The molecule has 0 bridgehead atoms. The number of halogens is 2. The SMILES string of the molecule is CCCCn1cc(C(=O)NCCCN(CC)CC)c(=O)c2ccc(Cl)cc21.Cl. The normalized spacial score (nSPS) is 10.9. The first-order valence-electron chi connectivity index (χ1n) is 9.85. The lowest BCUT2D eigenvalue weighted by molar-refractivity contribution is 0.0950. The number of fused-ring (bicyclic) bond motifs is 1. The Hall–Kier alpha value is -1.56. The fourth-order valence-corrected chi connectivity index (χ4v) is 3.34. The first-order valence-corrected chi connectivity index (χ1v) is 10.2. The molecule has 1 N–H and O–H groups in total. The summed E-state index contributed by atoms with van der Waals surface area (Å²) in [6, 6.07) is 5.19. The first kappa shape index (κ1) is 24.5.